The first-order valence-electron chi connectivity index (χ1n) is 11.1. The molecule has 27 heavy (non-hydrogen) atoms. The third-order valence-corrected chi connectivity index (χ3v) is 9.69. The van der Waals surface area contributed by atoms with Crippen molar-refractivity contribution >= 4 is 5.78 Å². The highest BCUT2D eigenvalue weighted by molar-refractivity contribution is 5.87. The molecule has 0 aromatic rings. The van der Waals surface area contributed by atoms with Crippen molar-refractivity contribution in [2.24, 2.45) is 27.6 Å². The molecule has 0 aromatic heterocycles. The van der Waals surface area contributed by atoms with Gasteiger partial charge < -0.3 is 9.84 Å². The van der Waals surface area contributed by atoms with Crippen LogP contribution in [0.4, 0.5) is 0 Å². The van der Waals surface area contributed by atoms with Crippen molar-refractivity contribution in [2.75, 3.05) is 13.2 Å². The van der Waals surface area contributed by atoms with Crippen molar-refractivity contribution in [3.63, 3.8) is 0 Å². The largest absolute Gasteiger partial charge is 0.387 e. The van der Waals surface area contributed by atoms with E-state index in [4.69, 9.17) is 4.74 Å². The van der Waals surface area contributed by atoms with Crippen LogP contribution in [0, 0.1) is 27.6 Å². The van der Waals surface area contributed by atoms with Crippen molar-refractivity contribution in [1.29, 1.82) is 0 Å². The van der Waals surface area contributed by atoms with Gasteiger partial charge in [-0.05, 0) is 74.0 Å². The van der Waals surface area contributed by atoms with Gasteiger partial charge in [-0.3, -0.25) is 4.79 Å². The van der Waals surface area contributed by atoms with E-state index in [0.29, 0.717) is 24.9 Å². The molecule has 3 nitrogen and oxygen atoms in total. The van der Waals surface area contributed by atoms with E-state index >= 15 is 0 Å². The fourth-order valence-corrected chi connectivity index (χ4v) is 7.82. The lowest BCUT2D eigenvalue weighted by molar-refractivity contribution is -0.157. The van der Waals surface area contributed by atoms with Gasteiger partial charge in [-0.2, -0.15) is 0 Å². The number of carbonyl (C=O) groups is 1. The number of aliphatic hydroxyl groups is 1. The summed E-state index contributed by atoms with van der Waals surface area (Å²) in [4.78, 5) is 12.7. The van der Waals surface area contributed by atoms with Crippen LogP contribution in [0.3, 0.4) is 0 Å². The summed E-state index contributed by atoms with van der Waals surface area (Å²) in [5, 5.41) is 11.2. The third-order valence-electron chi connectivity index (χ3n) is 9.69. The first-order chi connectivity index (χ1) is 12.5. The molecule has 0 bridgehead atoms. The van der Waals surface area contributed by atoms with Crippen LogP contribution < -0.4 is 0 Å². The Kier molecular flexibility index (Phi) is 4.31. The fourth-order valence-electron chi connectivity index (χ4n) is 7.82. The van der Waals surface area contributed by atoms with E-state index in [1.807, 2.05) is 6.92 Å². The molecule has 1 N–H and O–H groups in total. The summed E-state index contributed by atoms with van der Waals surface area (Å²) in [6.45, 7) is 12.6. The average Bonchev–Trinajstić information content (AvgIpc) is 2.91. The lowest BCUT2D eigenvalue weighted by Gasteiger charge is -2.66. The van der Waals surface area contributed by atoms with Gasteiger partial charge in [0, 0.05) is 18.4 Å². The minimum Gasteiger partial charge on any atom is -0.387 e. The Morgan fingerprint density at radius 3 is 2.56 bits per heavy atom. The minimum absolute atomic E-state index is 0.0960. The zero-order valence-electron chi connectivity index (χ0n) is 18.0. The molecule has 4 aliphatic carbocycles. The fraction of sp³-hybridized carbons (Fsp3) is 0.875. The standard InChI is InChI=1S/C24H38O3/c1-6-27-16-24(26)14-13-23(5)18-9-10-22(4)17(7-8-19(22)25)21(18,3)12-11-20(23,2)15-24/h9,17,26H,6-8,10-16H2,1-5H3/t17-,20+,21-,22-,23+,24-/m0/s1. The Labute approximate surface area is 164 Å². The van der Waals surface area contributed by atoms with Crippen LogP contribution in [0.1, 0.15) is 86.0 Å². The maximum absolute atomic E-state index is 12.7. The second kappa shape index (κ2) is 5.92. The third kappa shape index (κ3) is 2.50. The average molecular weight is 375 g/mol. The summed E-state index contributed by atoms with van der Waals surface area (Å²) < 4.78 is 5.64. The highest BCUT2D eigenvalue weighted by atomic mass is 16.5. The highest BCUT2D eigenvalue weighted by Gasteiger charge is 2.66. The number of hydrogen-bond acceptors (Lipinski definition) is 3. The van der Waals surface area contributed by atoms with Gasteiger partial charge in [0.25, 0.3) is 0 Å². The maximum atomic E-state index is 12.7. The summed E-state index contributed by atoms with van der Waals surface area (Å²) in [5.74, 6) is 0.973. The molecule has 0 unspecified atom stereocenters. The number of fused-ring (bicyclic) bond motifs is 5. The van der Waals surface area contributed by atoms with Gasteiger partial charge in [0.15, 0.2) is 0 Å². The summed E-state index contributed by atoms with van der Waals surface area (Å²) in [6, 6.07) is 0. The predicted molar refractivity (Wildman–Crippen MR) is 107 cm³/mol. The Balaban J connectivity index is 1.70. The molecule has 3 heteroatoms. The molecular weight excluding hydrogens is 336 g/mol. The van der Waals surface area contributed by atoms with Gasteiger partial charge in [-0.15, -0.1) is 0 Å². The molecular formula is C24H38O3. The Morgan fingerprint density at radius 2 is 1.85 bits per heavy atom. The first-order valence-corrected chi connectivity index (χ1v) is 11.1. The quantitative estimate of drug-likeness (QED) is 0.702. The summed E-state index contributed by atoms with van der Waals surface area (Å²) in [5.41, 5.74) is 1.13. The van der Waals surface area contributed by atoms with Crippen molar-refractivity contribution < 1.29 is 14.6 Å². The van der Waals surface area contributed by atoms with Crippen molar-refractivity contribution in [2.45, 2.75) is 91.6 Å². The molecule has 0 heterocycles. The zero-order chi connectivity index (χ0) is 19.7. The molecule has 0 aliphatic heterocycles. The normalized spacial score (nSPS) is 52.0. The van der Waals surface area contributed by atoms with Gasteiger partial charge in [0.1, 0.15) is 5.78 Å². The molecule has 3 saturated carbocycles. The summed E-state index contributed by atoms with van der Waals surface area (Å²) in [7, 11) is 0. The van der Waals surface area contributed by atoms with Crippen LogP contribution in [-0.4, -0.2) is 29.7 Å². The van der Waals surface area contributed by atoms with E-state index in [1.54, 1.807) is 5.57 Å². The monoisotopic (exact) mass is 374 g/mol. The molecule has 0 spiro atoms. The van der Waals surface area contributed by atoms with Crippen LogP contribution in [0.5, 0.6) is 0 Å². The topological polar surface area (TPSA) is 46.5 Å². The molecule has 3 fully saturated rings. The van der Waals surface area contributed by atoms with E-state index < -0.39 is 5.60 Å². The molecule has 0 amide bonds. The first kappa shape index (κ1) is 19.6. The maximum Gasteiger partial charge on any atom is 0.139 e. The summed E-state index contributed by atoms with van der Waals surface area (Å²) >= 11 is 0. The van der Waals surface area contributed by atoms with Crippen molar-refractivity contribution in [1.82, 2.24) is 0 Å². The second-order valence-electron chi connectivity index (χ2n) is 11.1. The lowest BCUT2D eigenvalue weighted by Crippen LogP contribution is -2.60. The van der Waals surface area contributed by atoms with Gasteiger partial charge in [0.2, 0.25) is 0 Å². The Bertz CT molecular complexity index is 683. The molecule has 6 atom stereocenters. The number of hydrogen-bond donors (Lipinski definition) is 1. The van der Waals surface area contributed by atoms with E-state index in [0.717, 1.165) is 51.4 Å². The van der Waals surface area contributed by atoms with Crippen molar-refractivity contribution in [3.05, 3.63) is 11.6 Å². The number of rotatable bonds is 3. The number of Topliss-reactive ketones (excluding diaryl/α,β-unsaturated/α-hetero) is 1. The molecule has 4 rings (SSSR count). The van der Waals surface area contributed by atoms with Gasteiger partial charge in [-0.1, -0.05) is 39.3 Å². The molecule has 0 saturated heterocycles. The van der Waals surface area contributed by atoms with E-state index in [1.165, 1.54) is 0 Å². The minimum atomic E-state index is -0.689. The number of ketones is 1. The lowest BCUT2D eigenvalue weighted by atomic mass is 9.39. The van der Waals surface area contributed by atoms with E-state index in [9.17, 15) is 9.90 Å². The molecule has 0 radical (unpaired) electrons. The molecule has 0 aromatic carbocycles. The van der Waals surface area contributed by atoms with Crippen LogP contribution in [0.2, 0.25) is 0 Å². The second-order valence-corrected chi connectivity index (χ2v) is 11.1. The van der Waals surface area contributed by atoms with E-state index in [2.05, 4.69) is 33.8 Å². The smallest absolute Gasteiger partial charge is 0.139 e. The van der Waals surface area contributed by atoms with Crippen LogP contribution >= 0.6 is 0 Å². The van der Waals surface area contributed by atoms with Crippen LogP contribution in [-0.2, 0) is 9.53 Å². The zero-order valence-corrected chi connectivity index (χ0v) is 18.0. The number of carbonyl (C=O) groups excluding carboxylic acids is 1. The van der Waals surface area contributed by atoms with Crippen LogP contribution in [0.25, 0.3) is 0 Å². The Morgan fingerprint density at radius 1 is 1.11 bits per heavy atom. The van der Waals surface area contributed by atoms with Crippen molar-refractivity contribution in [3.8, 4) is 0 Å². The van der Waals surface area contributed by atoms with Crippen LogP contribution in [0.15, 0.2) is 11.6 Å². The Hall–Kier alpha value is -0.670. The van der Waals surface area contributed by atoms with Gasteiger partial charge in [0.05, 0.1) is 12.2 Å². The molecule has 152 valence electrons. The summed E-state index contributed by atoms with van der Waals surface area (Å²) in [6.07, 6.45) is 10.1. The van der Waals surface area contributed by atoms with Gasteiger partial charge >= 0.3 is 0 Å². The SMILES string of the molecule is CCOC[C@]1(O)CC[C@]2(C)C3=CC[C@]4(C)C(=O)CC[C@H]4[C@]3(C)CC[C@]2(C)C1. The number of ether oxygens (including phenoxy) is 1. The highest BCUT2D eigenvalue weighted by Crippen LogP contribution is 2.72. The van der Waals surface area contributed by atoms with E-state index in [-0.39, 0.29) is 21.7 Å². The van der Waals surface area contributed by atoms with Gasteiger partial charge in [-0.25, -0.2) is 0 Å². The molecule has 4 aliphatic rings. The predicted octanol–water partition coefficient (Wildman–Crippen LogP) is 5.07. The number of allylic oxidation sites excluding steroid dienone is 2.